The molecule has 1 aromatic heterocycles. The summed E-state index contributed by atoms with van der Waals surface area (Å²) in [6.07, 6.45) is 4.06. The first-order valence-electron chi connectivity index (χ1n) is 7.45. The maximum atomic E-state index is 12.2. The summed E-state index contributed by atoms with van der Waals surface area (Å²) in [5, 5.41) is 5.97. The van der Waals surface area contributed by atoms with Crippen molar-refractivity contribution in [3.05, 3.63) is 66.4 Å². The number of nitrogens with one attached hydrogen (secondary N) is 2. The Morgan fingerprint density at radius 1 is 1.35 bits per heavy atom. The third kappa shape index (κ3) is 4.85. The van der Waals surface area contributed by atoms with Crippen LogP contribution in [-0.2, 0) is 6.42 Å². The Morgan fingerprint density at radius 2 is 2.17 bits per heavy atom. The van der Waals surface area contributed by atoms with Gasteiger partial charge in [-0.05, 0) is 30.2 Å². The standard InChI is InChI=1S/C18H21N3O2/c1-3-10-19-17-13-15(9-11-20-17)18(22)21-12-8-14-6-4-5-7-16(14)23-2/h3-7,9,11,13H,1,8,10,12H2,2H3,(H,19,20)(H,21,22). The molecule has 0 saturated heterocycles. The third-order valence-corrected chi connectivity index (χ3v) is 3.32. The molecule has 1 heterocycles. The first kappa shape index (κ1) is 16.5. The summed E-state index contributed by atoms with van der Waals surface area (Å²) < 4.78 is 5.30. The molecule has 0 atom stereocenters. The van der Waals surface area contributed by atoms with Crippen LogP contribution in [0.2, 0.25) is 0 Å². The van der Waals surface area contributed by atoms with Gasteiger partial charge < -0.3 is 15.4 Å². The van der Waals surface area contributed by atoms with Gasteiger partial charge in [0.05, 0.1) is 7.11 Å². The molecule has 1 amide bonds. The molecule has 2 aromatic rings. The van der Waals surface area contributed by atoms with E-state index in [2.05, 4.69) is 22.2 Å². The number of rotatable bonds is 8. The molecule has 1 aromatic carbocycles. The first-order chi connectivity index (χ1) is 11.2. The summed E-state index contributed by atoms with van der Waals surface area (Å²) in [6, 6.07) is 11.2. The Morgan fingerprint density at radius 3 is 2.96 bits per heavy atom. The zero-order valence-electron chi connectivity index (χ0n) is 13.2. The molecule has 23 heavy (non-hydrogen) atoms. The van der Waals surface area contributed by atoms with Crippen LogP contribution in [0.5, 0.6) is 5.75 Å². The molecule has 0 saturated carbocycles. The maximum absolute atomic E-state index is 12.2. The Balaban J connectivity index is 1.90. The number of aromatic nitrogens is 1. The van der Waals surface area contributed by atoms with Crippen LogP contribution >= 0.6 is 0 Å². The number of methoxy groups -OCH3 is 1. The predicted octanol–water partition coefficient (Wildman–Crippen LogP) is 2.66. The highest BCUT2D eigenvalue weighted by atomic mass is 16.5. The Labute approximate surface area is 136 Å². The van der Waals surface area contributed by atoms with Crippen LogP contribution in [0.15, 0.2) is 55.3 Å². The summed E-state index contributed by atoms with van der Waals surface area (Å²) in [7, 11) is 1.65. The molecule has 0 fully saturated rings. The van der Waals surface area contributed by atoms with Crippen molar-refractivity contribution in [3.8, 4) is 5.75 Å². The van der Waals surface area contributed by atoms with Crippen molar-refractivity contribution in [2.24, 2.45) is 0 Å². The van der Waals surface area contributed by atoms with E-state index < -0.39 is 0 Å². The minimum atomic E-state index is -0.121. The number of hydrogen-bond donors (Lipinski definition) is 2. The van der Waals surface area contributed by atoms with E-state index in [0.29, 0.717) is 30.9 Å². The van der Waals surface area contributed by atoms with Crippen LogP contribution in [0, 0.1) is 0 Å². The summed E-state index contributed by atoms with van der Waals surface area (Å²) >= 11 is 0. The molecule has 2 N–H and O–H groups in total. The molecular formula is C18H21N3O2. The minimum Gasteiger partial charge on any atom is -0.496 e. The van der Waals surface area contributed by atoms with Crippen LogP contribution in [-0.4, -0.2) is 31.1 Å². The van der Waals surface area contributed by atoms with Crippen LogP contribution in [0.25, 0.3) is 0 Å². The number of ether oxygens (including phenoxy) is 1. The highest BCUT2D eigenvalue weighted by molar-refractivity contribution is 5.94. The lowest BCUT2D eigenvalue weighted by molar-refractivity contribution is 0.0954. The Bertz CT molecular complexity index is 671. The number of hydrogen-bond acceptors (Lipinski definition) is 4. The number of nitrogens with zero attached hydrogens (tertiary/aromatic N) is 1. The molecular weight excluding hydrogens is 290 g/mol. The molecule has 0 radical (unpaired) electrons. The number of carbonyl (C=O) groups is 1. The lowest BCUT2D eigenvalue weighted by Gasteiger charge is -2.09. The Hall–Kier alpha value is -2.82. The normalized spacial score (nSPS) is 9.96. The fourth-order valence-electron chi connectivity index (χ4n) is 2.17. The van der Waals surface area contributed by atoms with E-state index in [-0.39, 0.29) is 5.91 Å². The molecule has 0 aliphatic carbocycles. The van der Waals surface area contributed by atoms with Crippen molar-refractivity contribution in [1.29, 1.82) is 0 Å². The average Bonchev–Trinajstić information content (AvgIpc) is 2.60. The largest absolute Gasteiger partial charge is 0.496 e. The van der Waals surface area contributed by atoms with Crippen molar-refractivity contribution in [2.75, 3.05) is 25.5 Å². The van der Waals surface area contributed by atoms with E-state index in [1.807, 2.05) is 24.3 Å². The van der Waals surface area contributed by atoms with Gasteiger partial charge in [0.1, 0.15) is 11.6 Å². The maximum Gasteiger partial charge on any atom is 0.251 e. The van der Waals surface area contributed by atoms with Gasteiger partial charge in [0, 0.05) is 24.8 Å². The molecule has 5 nitrogen and oxygen atoms in total. The number of pyridine rings is 1. The van der Waals surface area contributed by atoms with Gasteiger partial charge >= 0.3 is 0 Å². The summed E-state index contributed by atoms with van der Waals surface area (Å²) in [5.74, 6) is 1.37. The van der Waals surface area contributed by atoms with Gasteiger partial charge in [-0.25, -0.2) is 4.98 Å². The number of benzene rings is 1. The third-order valence-electron chi connectivity index (χ3n) is 3.32. The average molecular weight is 311 g/mol. The van der Waals surface area contributed by atoms with Gasteiger partial charge in [0.2, 0.25) is 0 Å². The quantitative estimate of drug-likeness (QED) is 0.736. The topological polar surface area (TPSA) is 63.2 Å². The molecule has 0 spiro atoms. The van der Waals surface area contributed by atoms with E-state index >= 15 is 0 Å². The van der Waals surface area contributed by atoms with Crippen molar-refractivity contribution in [1.82, 2.24) is 10.3 Å². The monoisotopic (exact) mass is 311 g/mol. The fourth-order valence-corrected chi connectivity index (χ4v) is 2.17. The molecule has 5 heteroatoms. The van der Waals surface area contributed by atoms with Gasteiger partial charge in [0.25, 0.3) is 5.91 Å². The second-order valence-electron chi connectivity index (χ2n) is 4.92. The summed E-state index contributed by atoms with van der Waals surface area (Å²) in [6.45, 7) is 4.78. The van der Waals surface area contributed by atoms with Crippen molar-refractivity contribution >= 4 is 11.7 Å². The van der Waals surface area contributed by atoms with Crippen LogP contribution in [0.1, 0.15) is 15.9 Å². The smallest absolute Gasteiger partial charge is 0.251 e. The minimum absolute atomic E-state index is 0.121. The van der Waals surface area contributed by atoms with Gasteiger partial charge in [-0.2, -0.15) is 0 Å². The highest BCUT2D eigenvalue weighted by Gasteiger charge is 2.07. The van der Waals surface area contributed by atoms with Gasteiger partial charge in [-0.15, -0.1) is 6.58 Å². The molecule has 0 unspecified atom stereocenters. The van der Waals surface area contributed by atoms with E-state index in [1.54, 1.807) is 31.5 Å². The van der Waals surface area contributed by atoms with E-state index in [1.165, 1.54) is 0 Å². The number of anilines is 1. The second kappa shape index (κ2) is 8.58. The number of amides is 1. The zero-order chi connectivity index (χ0) is 16.5. The zero-order valence-corrected chi connectivity index (χ0v) is 13.2. The van der Waals surface area contributed by atoms with Crippen molar-refractivity contribution < 1.29 is 9.53 Å². The molecule has 0 aliphatic rings. The van der Waals surface area contributed by atoms with Crippen LogP contribution in [0.4, 0.5) is 5.82 Å². The van der Waals surface area contributed by atoms with Gasteiger partial charge in [0.15, 0.2) is 0 Å². The summed E-state index contributed by atoms with van der Waals surface area (Å²) in [5.41, 5.74) is 1.64. The lowest BCUT2D eigenvalue weighted by atomic mass is 10.1. The van der Waals surface area contributed by atoms with Crippen molar-refractivity contribution in [2.45, 2.75) is 6.42 Å². The molecule has 2 rings (SSSR count). The SMILES string of the molecule is C=CCNc1cc(C(=O)NCCc2ccccc2OC)ccn1. The highest BCUT2D eigenvalue weighted by Crippen LogP contribution is 2.17. The first-order valence-corrected chi connectivity index (χ1v) is 7.45. The predicted molar refractivity (Wildman–Crippen MR) is 92.0 cm³/mol. The molecule has 120 valence electrons. The van der Waals surface area contributed by atoms with Gasteiger partial charge in [-0.3, -0.25) is 4.79 Å². The Kier molecular flexibility index (Phi) is 6.17. The second-order valence-corrected chi connectivity index (χ2v) is 4.92. The fraction of sp³-hybridized carbons (Fsp3) is 0.222. The van der Waals surface area contributed by atoms with E-state index in [4.69, 9.17) is 4.74 Å². The molecule has 0 bridgehead atoms. The van der Waals surface area contributed by atoms with E-state index in [9.17, 15) is 4.79 Å². The number of carbonyl (C=O) groups excluding carboxylic acids is 1. The van der Waals surface area contributed by atoms with Gasteiger partial charge in [-0.1, -0.05) is 24.3 Å². The molecule has 0 aliphatic heterocycles. The van der Waals surface area contributed by atoms with E-state index in [0.717, 1.165) is 11.3 Å². The van der Waals surface area contributed by atoms with Crippen LogP contribution < -0.4 is 15.4 Å². The van der Waals surface area contributed by atoms with Crippen molar-refractivity contribution in [3.63, 3.8) is 0 Å². The summed E-state index contributed by atoms with van der Waals surface area (Å²) in [4.78, 5) is 16.4. The lowest BCUT2D eigenvalue weighted by Crippen LogP contribution is -2.26. The van der Waals surface area contributed by atoms with Crippen LogP contribution in [0.3, 0.4) is 0 Å². The number of para-hydroxylation sites is 1.